The van der Waals surface area contributed by atoms with E-state index in [9.17, 15) is 4.79 Å². The lowest BCUT2D eigenvalue weighted by atomic mass is 9.45. The number of ether oxygens (including phenoxy) is 2. The third-order valence-electron chi connectivity index (χ3n) is 10.8. The van der Waals surface area contributed by atoms with Crippen molar-refractivity contribution >= 4 is 5.97 Å². The van der Waals surface area contributed by atoms with Gasteiger partial charge >= 0.3 is 5.97 Å². The maximum atomic E-state index is 12.4. The summed E-state index contributed by atoms with van der Waals surface area (Å²) in [4.78, 5) is 12.4. The average Bonchev–Trinajstić information content (AvgIpc) is 2.78. The molecule has 0 amide bonds. The number of fused-ring (bicyclic) bond motifs is 3. The van der Waals surface area contributed by atoms with E-state index in [1.165, 1.54) is 25.7 Å². The van der Waals surface area contributed by atoms with Crippen molar-refractivity contribution in [3.05, 3.63) is 0 Å². The van der Waals surface area contributed by atoms with Crippen LogP contribution in [-0.2, 0) is 14.3 Å². The van der Waals surface area contributed by atoms with Crippen molar-refractivity contribution in [1.82, 2.24) is 0 Å². The molecule has 10 unspecified atom stereocenters. The van der Waals surface area contributed by atoms with Crippen molar-refractivity contribution in [2.24, 2.45) is 57.7 Å². The molecule has 6 fully saturated rings. The molecule has 6 bridgehead atoms. The molecule has 1 spiro atoms. The van der Waals surface area contributed by atoms with Crippen LogP contribution in [0.4, 0.5) is 0 Å². The van der Waals surface area contributed by atoms with Crippen LogP contribution in [0.2, 0.25) is 0 Å². The normalized spacial score (nSPS) is 54.1. The van der Waals surface area contributed by atoms with Gasteiger partial charge in [-0.3, -0.25) is 4.79 Å². The zero-order valence-corrected chi connectivity index (χ0v) is 17.5. The van der Waals surface area contributed by atoms with Crippen LogP contribution in [0.3, 0.4) is 0 Å². The van der Waals surface area contributed by atoms with E-state index >= 15 is 0 Å². The molecule has 0 aromatic rings. The van der Waals surface area contributed by atoms with Crippen LogP contribution < -0.4 is 0 Å². The summed E-state index contributed by atoms with van der Waals surface area (Å²) in [6, 6.07) is 0. The van der Waals surface area contributed by atoms with E-state index in [-0.39, 0.29) is 5.97 Å². The van der Waals surface area contributed by atoms with Crippen molar-refractivity contribution < 1.29 is 14.3 Å². The Morgan fingerprint density at radius 3 is 2.67 bits per heavy atom. The minimum Gasteiger partial charge on any atom is -0.436 e. The van der Waals surface area contributed by atoms with E-state index in [1.807, 2.05) is 27.7 Å². The maximum absolute atomic E-state index is 12.4. The Hall–Kier alpha value is -0.570. The Morgan fingerprint density at radius 1 is 1.11 bits per heavy atom. The summed E-state index contributed by atoms with van der Waals surface area (Å²) in [6.45, 7) is 8.73. The molecule has 27 heavy (non-hydrogen) atoms. The van der Waals surface area contributed by atoms with Crippen molar-refractivity contribution in [3.63, 3.8) is 0 Å². The van der Waals surface area contributed by atoms with E-state index in [1.54, 1.807) is 12.8 Å². The Balaban J connectivity index is 1.22. The Bertz CT molecular complexity index is 685. The molecule has 6 rings (SSSR count). The van der Waals surface area contributed by atoms with Crippen molar-refractivity contribution in [2.45, 2.75) is 78.9 Å². The zero-order valence-electron chi connectivity index (χ0n) is 17.5. The lowest BCUT2D eigenvalue weighted by Crippen LogP contribution is -2.54. The first kappa shape index (κ1) is 17.3. The number of carbonyl (C=O) groups is 1. The van der Waals surface area contributed by atoms with Gasteiger partial charge in [0.1, 0.15) is 0 Å². The number of esters is 1. The highest BCUT2D eigenvalue weighted by Crippen LogP contribution is 2.90. The van der Waals surface area contributed by atoms with Gasteiger partial charge in [-0.1, -0.05) is 6.92 Å². The van der Waals surface area contributed by atoms with Crippen LogP contribution in [0.5, 0.6) is 0 Å². The molecule has 150 valence electrons. The van der Waals surface area contributed by atoms with Crippen LogP contribution >= 0.6 is 0 Å². The summed E-state index contributed by atoms with van der Waals surface area (Å²) in [6.07, 6.45) is 9.34. The third-order valence-corrected chi connectivity index (χ3v) is 10.8. The number of hydrogen-bond acceptors (Lipinski definition) is 3. The molecular formula is C24H36O3. The van der Waals surface area contributed by atoms with Gasteiger partial charge in [0.25, 0.3) is 0 Å². The van der Waals surface area contributed by atoms with Crippen molar-refractivity contribution in [1.29, 1.82) is 0 Å². The molecule has 0 aromatic carbocycles. The number of carbonyl (C=O) groups excluding carboxylic acids is 1. The number of hydrogen-bond donors (Lipinski definition) is 0. The van der Waals surface area contributed by atoms with Gasteiger partial charge in [-0.25, -0.2) is 0 Å². The summed E-state index contributed by atoms with van der Waals surface area (Å²) in [5.74, 6) is 6.83. The minimum atomic E-state index is -0.420. The van der Waals surface area contributed by atoms with E-state index in [0.29, 0.717) is 5.41 Å². The topological polar surface area (TPSA) is 35.5 Å². The molecule has 0 aromatic heterocycles. The second-order valence-electron chi connectivity index (χ2n) is 11.9. The second-order valence-corrected chi connectivity index (χ2v) is 11.9. The quantitative estimate of drug-likeness (QED) is 0.484. The zero-order chi connectivity index (χ0) is 18.8. The predicted octanol–water partition coefficient (Wildman–Crippen LogP) is 5.04. The number of rotatable bonds is 6. The van der Waals surface area contributed by atoms with Crippen LogP contribution in [0.15, 0.2) is 0 Å². The lowest BCUT2D eigenvalue weighted by Gasteiger charge is -2.59. The summed E-state index contributed by atoms with van der Waals surface area (Å²) in [7, 11) is 0. The van der Waals surface area contributed by atoms with Gasteiger partial charge in [0.2, 0.25) is 0 Å². The summed E-state index contributed by atoms with van der Waals surface area (Å²) >= 11 is 0. The predicted molar refractivity (Wildman–Crippen MR) is 103 cm³/mol. The summed E-state index contributed by atoms with van der Waals surface area (Å²) < 4.78 is 12.0. The fourth-order valence-corrected chi connectivity index (χ4v) is 9.78. The first-order valence-electron chi connectivity index (χ1n) is 11.6. The molecule has 0 saturated heterocycles. The first-order valence-corrected chi connectivity index (χ1v) is 11.6. The highest BCUT2D eigenvalue weighted by molar-refractivity contribution is 5.75. The smallest absolute Gasteiger partial charge is 0.313 e. The van der Waals surface area contributed by atoms with Crippen LogP contribution in [0, 0.1) is 57.7 Å². The van der Waals surface area contributed by atoms with Crippen LogP contribution in [0.25, 0.3) is 0 Å². The summed E-state index contributed by atoms with van der Waals surface area (Å²) in [5.41, 5.74) is 0.711. The van der Waals surface area contributed by atoms with Crippen LogP contribution in [-0.4, -0.2) is 18.9 Å². The van der Waals surface area contributed by atoms with Crippen molar-refractivity contribution in [3.8, 4) is 0 Å². The standard InChI is InChI=1S/C24H36O3/c1-5-22(3,4)21(25)27-13(2)26-12-23-10-15-8-17-16-6-14-7-18(23)20(16)24(17,11-15)19(23)9-14/h13-20H,5-12H2,1-4H3. The molecule has 0 heterocycles. The molecule has 6 saturated carbocycles. The van der Waals surface area contributed by atoms with E-state index in [4.69, 9.17) is 9.47 Å². The van der Waals surface area contributed by atoms with Gasteiger partial charge in [-0.2, -0.15) is 0 Å². The molecular weight excluding hydrogens is 336 g/mol. The molecule has 3 heteroatoms. The van der Waals surface area contributed by atoms with E-state index < -0.39 is 11.7 Å². The molecule has 0 N–H and O–H groups in total. The largest absolute Gasteiger partial charge is 0.436 e. The van der Waals surface area contributed by atoms with Gasteiger partial charge in [-0.15, -0.1) is 0 Å². The second kappa shape index (κ2) is 5.12. The first-order chi connectivity index (χ1) is 12.8. The van der Waals surface area contributed by atoms with Gasteiger partial charge in [-0.05, 0) is 113 Å². The SMILES string of the molecule is CCC(C)(C)C(=O)OC(C)OCC12CC3CC4C5CC6CC1C5C4(C3)C2C6. The van der Waals surface area contributed by atoms with E-state index in [2.05, 4.69) is 0 Å². The fraction of sp³-hybridized carbons (Fsp3) is 0.958. The molecule has 6 aliphatic carbocycles. The molecule has 10 atom stereocenters. The molecule has 6 aliphatic rings. The average molecular weight is 373 g/mol. The molecule has 3 nitrogen and oxygen atoms in total. The molecule has 0 aliphatic heterocycles. The highest BCUT2D eigenvalue weighted by atomic mass is 16.7. The van der Waals surface area contributed by atoms with Gasteiger partial charge in [0, 0.05) is 5.41 Å². The lowest BCUT2D eigenvalue weighted by molar-refractivity contribution is -0.199. The highest BCUT2D eigenvalue weighted by Gasteiger charge is 2.84. The monoisotopic (exact) mass is 372 g/mol. The van der Waals surface area contributed by atoms with Gasteiger partial charge in [0.15, 0.2) is 6.29 Å². The fourth-order valence-electron chi connectivity index (χ4n) is 9.78. The Kier molecular flexibility index (Phi) is 3.28. The molecule has 0 radical (unpaired) electrons. The van der Waals surface area contributed by atoms with Crippen molar-refractivity contribution in [2.75, 3.05) is 6.61 Å². The minimum absolute atomic E-state index is 0.120. The van der Waals surface area contributed by atoms with E-state index in [0.717, 1.165) is 59.9 Å². The van der Waals surface area contributed by atoms with Gasteiger partial charge < -0.3 is 9.47 Å². The van der Waals surface area contributed by atoms with Gasteiger partial charge in [0.05, 0.1) is 12.0 Å². The Morgan fingerprint density at radius 2 is 1.89 bits per heavy atom. The van der Waals surface area contributed by atoms with Crippen LogP contribution in [0.1, 0.15) is 72.6 Å². The maximum Gasteiger partial charge on any atom is 0.313 e. The third kappa shape index (κ3) is 1.87. The Labute approximate surface area is 163 Å². The summed E-state index contributed by atoms with van der Waals surface area (Å²) in [5, 5.41) is 0.